The van der Waals surface area contributed by atoms with E-state index in [1.54, 1.807) is 7.11 Å². The summed E-state index contributed by atoms with van der Waals surface area (Å²) in [4.78, 5) is 25.2. The van der Waals surface area contributed by atoms with E-state index >= 15 is 0 Å². The average molecular weight is 292 g/mol. The van der Waals surface area contributed by atoms with E-state index in [-0.39, 0.29) is 0 Å². The van der Waals surface area contributed by atoms with Crippen LogP contribution in [-0.4, -0.2) is 56.7 Å². The molecule has 6 heteroatoms. The molecule has 0 radical (unpaired) electrons. The maximum atomic E-state index is 11.9. The molecule has 6 nitrogen and oxygen atoms in total. The Hall–Kier alpha value is -2.08. The standard InChI is InChI=1S/C15H20N2O4/c1-20-13-5-3-2-4-12(13)6-7-16-14(18)15(19)17-8-10-21-11-9-17/h2-5H,6-11H2,1H3,(H,16,18). The highest BCUT2D eigenvalue weighted by atomic mass is 16.5. The zero-order chi connectivity index (χ0) is 15.1. The Balaban J connectivity index is 1.79. The van der Waals surface area contributed by atoms with Crippen LogP contribution >= 0.6 is 0 Å². The summed E-state index contributed by atoms with van der Waals surface area (Å²) >= 11 is 0. The van der Waals surface area contributed by atoms with Gasteiger partial charge in [-0.2, -0.15) is 0 Å². The van der Waals surface area contributed by atoms with Crippen molar-refractivity contribution >= 4 is 11.8 Å². The number of carbonyl (C=O) groups excluding carboxylic acids is 2. The quantitative estimate of drug-likeness (QED) is 0.806. The molecule has 0 spiro atoms. The van der Waals surface area contributed by atoms with Crippen molar-refractivity contribution in [1.29, 1.82) is 0 Å². The third-order valence-corrected chi connectivity index (χ3v) is 3.36. The van der Waals surface area contributed by atoms with E-state index < -0.39 is 11.8 Å². The number of rotatable bonds is 4. The molecule has 1 aromatic rings. The van der Waals surface area contributed by atoms with Crippen molar-refractivity contribution in [2.45, 2.75) is 6.42 Å². The Morgan fingerprint density at radius 1 is 1.29 bits per heavy atom. The molecule has 1 N–H and O–H groups in total. The highest BCUT2D eigenvalue weighted by Gasteiger charge is 2.23. The van der Waals surface area contributed by atoms with Crippen LogP contribution in [0.15, 0.2) is 24.3 Å². The number of nitrogens with zero attached hydrogens (tertiary/aromatic N) is 1. The van der Waals surface area contributed by atoms with Gasteiger partial charge in [0.25, 0.3) is 0 Å². The number of ether oxygens (including phenoxy) is 2. The Morgan fingerprint density at radius 3 is 2.71 bits per heavy atom. The molecule has 1 aliphatic heterocycles. The number of hydrogen-bond donors (Lipinski definition) is 1. The number of methoxy groups -OCH3 is 1. The minimum Gasteiger partial charge on any atom is -0.496 e. The maximum Gasteiger partial charge on any atom is 0.312 e. The number of benzene rings is 1. The Labute approximate surface area is 124 Å². The van der Waals surface area contributed by atoms with Crippen molar-refractivity contribution in [3.05, 3.63) is 29.8 Å². The van der Waals surface area contributed by atoms with E-state index in [9.17, 15) is 9.59 Å². The Bertz CT molecular complexity index is 498. The minimum absolute atomic E-state index is 0.398. The highest BCUT2D eigenvalue weighted by Crippen LogP contribution is 2.17. The van der Waals surface area contributed by atoms with Gasteiger partial charge in [-0.15, -0.1) is 0 Å². The highest BCUT2D eigenvalue weighted by molar-refractivity contribution is 6.35. The summed E-state index contributed by atoms with van der Waals surface area (Å²) in [7, 11) is 1.61. The molecule has 2 rings (SSSR count). The lowest BCUT2D eigenvalue weighted by molar-refractivity contribution is -0.148. The number of para-hydroxylation sites is 1. The van der Waals surface area contributed by atoms with Crippen LogP contribution in [0.3, 0.4) is 0 Å². The normalized spacial score (nSPS) is 14.6. The topological polar surface area (TPSA) is 67.9 Å². The molecular weight excluding hydrogens is 272 g/mol. The van der Waals surface area contributed by atoms with Gasteiger partial charge in [0, 0.05) is 19.6 Å². The first kappa shape index (κ1) is 15.3. The molecule has 1 aliphatic rings. The van der Waals surface area contributed by atoms with Gasteiger partial charge in [-0.05, 0) is 18.1 Å². The van der Waals surface area contributed by atoms with Crippen LogP contribution in [0.25, 0.3) is 0 Å². The molecule has 21 heavy (non-hydrogen) atoms. The van der Waals surface area contributed by atoms with Crippen molar-refractivity contribution in [2.75, 3.05) is 40.0 Å². The fraction of sp³-hybridized carbons (Fsp3) is 0.467. The van der Waals surface area contributed by atoms with Crippen LogP contribution in [0.1, 0.15) is 5.56 Å². The van der Waals surface area contributed by atoms with Crippen molar-refractivity contribution in [1.82, 2.24) is 10.2 Å². The SMILES string of the molecule is COc1ccccc1CCNC(=O)C(=O)N1CCOCC1. The van der Waals surface area contributed by atoms with Gasteiger partial charge in [0.2, 0.25) is 0 Å². The zero-order valence-corrected chi connectivity index (χ0v) is 12.1. The van der Waals surface area contributed by atoms with E-state index in [4.69, 9.17) is 9.47 Å². The van der Waals surface area contributed by atoms with Gasteiger partial charge < -0.3 is 19.7 Å². The van der Waals surface area contributed by atoms with Crippen molar-refractivity contribution in [2.24, 2.45) is 0 Å². The van der Waals surface area contributed by atoms with Gasteiger partial charge in [0.15, 0.2) is 0 Å². The van der Waals surface area contributed by atoms with Crippen molar-refractivity contribution < 1.29 is 19.1 Å². The largest absolute Gasteiger partial charge is 0.496 e. The van der Waals surface area contributed by atoms with E-state index in [1.807, 2.05) is 24.3 Å². The Kier molecular flexibility index (Phi) is 5.57. The number of amides is 2. The van der Waals surface area contributed by atoms with Gasteiger partial charge in [0.1, 0.15) is 5.75 Å². The summed E-state index contributed by atoms with van der Waals surface area (Å²) in [6, 6.07) is 7.62. The van der Waals surface area contributed by atoms with E-state index in [1.165, 1.54) is 4.90 Å². The molecule has 0 unspecified atom stereocenters. The second-order valence-corrected chi connectivity index (χ2v) is 4.72. The number of carbonyl (C=O) groups is 2. The molecule has 1 heterocycles. The monoisotopic (exact) mass is 292 g/mol. The van der Waals surface area contributed by atoms with Crippen LogP contribution in [0.2, 0.25) is 0 Å². The van der Waals surface area contributed by atoms with E-state index in [0.29, 0.717) is 39.3 Å². The second-order valence-electron chi connectivity index (χ2n) is 4.72. The van der Waals surface area contributed by atoms with Crippen LogP contribution in [-0.2, 0) is 20.7 Å². The van der Waals surface area contributed by atoms with Gasteiger partial charge >= 0.3 is 11.8 Å². The van der Waals surface area contributed by atoms with E-state index in [2.05, 4.69) is 5.32 Å². The molecule has 0 aromatic heterocycles. The van der Waals surface area contributed by atoms with Crippen LogP contribution in [0.4, 0.5) is 0 Å². The molecule has 1 fully saturated rings. The first-order valence-electron chi connectivity index (χ1n) is 6.99. The first-order valence-corrected chi connectivity index (χ1v) is 6.99. The van der Waals surface area contributed by atoms with Crippen LogP contribution < -0.4 is 10.1 Å². The molecule has 0 atom stereocenters. The molecule has 2 amide bonds. The summed E-state index contributed by atoms with van der Waals surface area (Å²) in [5.74, 6) is -0.267. The lowest BCUT2D eigenvalue weighted by Gasteiger charge is -2.26. The summed E-state index contributed by atoms with van der Waals surface area (Å²) in [5, 5.41) is 2.65. The molecule has 0 aliphatic carbocycles. The third kappa shape index (κ3) is 4.19. The van der Waals surface area contributed by atoms with Crippen LogP contribution in [0.5, 0.6) is 5.75 Å². The molecule has 1 saturated heterocycles. The average Bonchev–Trinajstić information content (AvgIpc) is 2.55. The summed E-state index contributed by atoms with van der Waals surface area (Å²) in [5.41, 5.74) is 0.999. The molecule has 1 aromatic carbocycles. The number of nitrogens with one attached hydrogen (secondary N) is 1. The molecule has 0 bridgehead atoms. The zero-order valence-electron chi connectivity index (χ0n) is 12.1. The summed E-state index contributed by atoms with van der Waals surface area (Å²) in [6.07, 6.45) is 0.617. The molecular formula is C15H20N2O4. The first-order chi connectivity index (χ1) is 10.2. The smallest absolute Gasteiger partial charge is 0.312 e. The minimum atomic E-state index is -0.563. The number of morpholine rings is 1. The number of hydrogen-bond acceptors (Lipinski definition) is 4. The lowest BCUT2D eigenvalue weighted by atomic mass is 10.1. The van der Waals surface area contributed by atoms with Crippen molar-refractivity contribution in [3.63, 3.8) is 0 Å². The lowest BCUT2D eigenvalue weighted by Crippen LogP contribution is -2.48. The summed E-state index contributed by atoms with van der Waals surface area (Å²) < 4.78 is 10.4. The molecule has 114 valence electrons. The van der Waals surface area contributed by atoms with Gasteiger partial charge in [0.05, 0.1) is 20.3 Å². The maximum absolute atomic E-state index is 11.9. The third-order valence-electron chi connectivity index (χ3n) is 3.36. The predicted octanol–water partition coefficient (Wildman–Crippen LogP) is 0.213. The Morgan fingerprint density at radius 2 is 2.00 bits per heavy atom. The molecule has 0 saturated carbocycles. The van der Waals surface area contributed by atoms with Gasteiger partial charge in [-0.25, -0.2) is 0 Å². The van der Waals surface area contributed by atoms with E-state index in [0.717, 1.165) is 11.3 Å². The predicted molar refractivity (Wildman–Crippen MR) is 77.1 cm³/mol. The second kappa shape index (κ2) is 7.64. The van der Waals surface area contributed by atoms with Crippen molar-refractivity contribution in [3.8, 4) is 5.75 Å². The van der Waals surface area contributed by atoms with Gasteiger partial charge in [-0.3, -0.25) is 9.59 Å². The fourth-order valence-corrected chi connectivity index (χ4v) is 2.21. The van der Waals surface area contributed by atoms with Gasteiger partial charge in [-0.1, -0.05) is 18.2 Å². The fourth-order valence-electron chi connectivity index (χ4n) is 2.21. The van der Waals surface area contributed by atoms with Crippen LogP contribution in [0, 0.1) is 0 Å². The summed E-state index contributed by atoms with van der Waals surface area (Å²) in [6.45, 7) is 2.31.